The number of allylic oxidation sites excluding steroid dienone is 4. The molecule has 1 N–H and O–H groups in total. The van der Waals surface area contributed by atoms with Crippen molar-refractivity contribution in [3.63, 3.8) is 0 Å². The fraction of sp³-hybridized carbons (Fsp3) is 0.500. The van der Waals surface area contributed by atoms with Crippen LogP contribution in [0.25, 0.3) is 0 Å². The van der Waals surface area contributed by atoms with Gasteiger partial charge in [0.25, 0.3) is 0 Å². The third-order valence-corrected chi connectivity index (χ3v) is 1.17. The smallest absolute Gasteiger partial charge is 0.0894 e. The molecule has 1 heteroatoms. The van der Waals surface area contributed by atoms with Gasteiger partial charge in [0, 0.05) is 0 Å². The lowest BCUT2D eigenvalue weighted by Crippen LogP contribution is -1.76. The van der Waals surface area contributed by atoms with Crippen LogP contribution in [-0.4, -0.2) is 5.11 Å². The van der Waals surface area contributed by atoms with E-state index < -0.39 is 0 Å². The number of rotatable bonds is 2. The highest BCUT2D eigenvalue weighted by Crippen LogP contribution is 2.03. The fourth-order valence-electron chi connectivity index (χ4n) is 0.658. The predicted molar refractivity (Wildman–Crippen MR) is 40.4 cm³/mol. The standard InChI is InChI=1S/C8H14O/c1-4-8(5-2)6-7(3)9/h4,6,9H,5H2,1-3H3/b7-6+,8-4-. The molecular formula is C8H14O. The van der Waals surface area contributed by atoms with Crippen LogP contribution in [0, 0.1) is 0 Å². The van der Waals surface area contributed by atoms with Gasteiger partial charge >= 0.3 is 0 Å². The number of hydrogen-bond acceptors (Lipinski definition) is 1. The average Bonchev–Trinajstić information content (AvgIpc) is 1.82. The van der Waals surface area contributed by atoms with Crippen LogP contribution in [0.2, 0.25) is 0 Å². The summed E-state index contributed by atoms with van der Waals surface area (Å²) in [5, 5.41) is 8.81. The Hall–Kier alpha value is -0.720. The summed E-state index contributed by atoms with van der Waals surface area (Å²) in [6.45, 7) is 5.71. The molecule has 0 radical (unpaired) electrons. The van der Waals surface area contributed by atoms with E-state index in [1.165, 1.54) is 5.57 Å². The van der Waals surface area contributed by atoms with Crippen LogP contribution in [0.4, 0.5) is 0 Å². The molecule has 0 aliphatic heterocycles. The Morgan fingerprint density at radius 2 is 2.11 bits per heavy atom. The van der Waals surface area contributed by atoms with Gasteiger partial charge in [0.1, 0.15) is 0 Å². The molecule has 0 aromatic carbocycles. The monoisotopic (exact) mass is 126 g/mol. The molecular weight excluding hydrogens is 112 g/mol. The van der Waals surface area contributed by atoms with Crippen molar-refractivity contribution in [1.82, 2.24) is 0 Å². The van der Waals surface area contributed by atoms with E-state index in [9.17, 15) is 0 Å². The summed E-state index contributed by atoms with van der Waals surface area (Å²) in [6, 6.07) is 0. The highest BCUT2D eigenvalue weighted by atomic mass is 16.3. The summed E-state index contributed by atoms with van der Waals surface area (Å²) in [5.74, 6) is 0.380. The maximum atomic E-state index is 8.81. The molecule has 0 saturated heterocycles. The van der Waals surface area contributed by atoms with E-state index >= 15 is 0 Å². The largest absolute Gasteiger partial charge is 0.513 e. The van der Waals surface area contributed by atoms with Crippen molar-refractivity contribution in [2.45, 2.75) is 27.2 Å². The third kappa shape index (κ3) is 3.83. The quantitative estimate of drug-likeness (QED) is 0.445. The summed E-state index contributed by atoms with van der Waals surface area (Å²) >= 11 is 0. The lowest BCUT2D eigenvalue weighted by molar-refractivity contribution is 0.413. The van der Waals surface area contributed by atoms with E-state index in [1.807, 2.05) is 13.0 Å². The molecule has 0 amide bonds. The summed E-state index contributed by atoms with van der Waals surface area (Å²) in [6.07, 6.45) is 4.76. The van der Waals surface area contributed by atoms with E-state index in [0.29, 0.717) is 5.76 Å². The second kappa shape index (κ2) is 4.19. The van der Waals surface area contributed by atoms with Gasteiger partial charge in [0.15, 0.2) is 0 Å². The zero-order chi connectivity index (χ0) is 7.28. The van der Waals surface area contributed by atoms with Gasteiger partial charge in [-0.2, -0.15) is 0 Å². The van der Waals surface area contributed by atoms with Crippen LogP contribution >= 0.6 is 0 Å². The Morgan fingerprint density at radius 1 is 1.56 bits per heavy atom. The van der Waals surface area contributed by atoms with Gasteiger partial charge in [0.05, 0.1) is 5.76 Å². The molecule has 9 heavy (non-hydrogen) atoms. The highest BCUT2D eigenvalue weighted by Gasteiger charge is 1.85. The van der Waals surface area contributed by atoms with Crippen LogP contribution < -0.4 is 0 Å². The fourth-order valence-corrected chi connectivity index (χ4v) is 0.658. The van der Waals surface area contributed by atoms with Crippen LogP contribution in [0.3, 0.4) is 0 Å². The molecule has 0 spiro atoms. The lowest BCUT2D eigenvalue weighted by atomic mass is 10.2. The van der Waals surface area contributed by atoms with Crippen molar-refractivity contribution in [2.24, 2.45) is 0 Å². The SMILES string of the molecule is C/C=C(\C=C(/C)O)CC. The van der Waals surface area contributed by atoms with Crippen LogP contribution in [0.1, 0.15) is 27.2 Å². The van der Waals surface area contributed by atoms with Gasteiger partial charge < -0.3 is 5.11 Å². The predicted octanol–water partition coefficient (Wildman–Crippen LogP) is 2.80. The minimum Gasteiger partial charge on any atom is -0.513 e. The van der Waals surface area contributed by atoms with Gasteiger partial charge in [-0.05, 0) is 31.9 Å². The van der Waals surface area contributed by atoms with Crippen LogP contribution in [0.15, 0.2) is 23.5 Å². The molecule has 0 aliphatic carbocycles. The summed E-state index contributed by atoms with van der Waals surface area (Å²) in [5.41, 5.74) is 1.18. The Kier molecular flexibility index (Phi) is 3.85. The molecule has 0 fully saturated rings. The first-order valence-corrected chi connectivity index (χ1v) is 3.23. The van der Waals surface area contributed by atoms with E-state index in [0.717, 1.165) is 6.42 Å². The molecule has 0 aliphatic rings. The van der Waals surface area contributed by atoms with Crippen molar-refractivity contribution in [3.05, 3.63) is 23.5 Å². The molecule has 0 rings (SSSR count). The summed E-state index contributed by atoms with van der Waals surface area (Å²) in [4.78, 5) is 0. The number of aliphatic hydroxyl groups excluding tert-OH is 1. The maximum absolute atomic E-state index is 8.81. The van der Waals surface area contributed by atoms with E-state index in [2.05, 4.69) is 6.92 Å². The van der Waals surface area contributed by atoms with Crippen molar-refractivity contribution >= 4 is 0 Å². The molecule has 0 unspecified atom stereocenters. The molecule has 0 atom stereocenters. The first-order chi connectivity index (χ1) is 4.20. The topological polar surface area (TPSA) is 20.2 Å². The van der Waals surface area contributed by atoms with E-state index in [4.69, 9.17) is 5.11 Å². The molecule has 0 heterocycles. The first kappa shape index (κ1) is 8.28. The van der Waals surface area contributed by atoms with E-state index in [-0.39, 0.29) is 0 Å². The normalized spacial score (nSPS) is 14.1. The third-order valence-electron chi connectivity index (χ3n) is 1.17. The molecule has 0 aromatic rings. The lowest BCUT2D eigenvalue weighted by Gasteiger charge is -1.93. The van der Waals surface area contributed by atoms with Gasteiger partial charge in [-0.25, -0.2) is 0 Å². The molecule has 0 saturated carbocycles. The van der Waals surface area contributed by atoms with Crippen molar-refractivity contribution in [2.75, 3.05) is 0 Å². The first-order valence-electron chi connectivity index (χ1n) is 3.23. The zero-order valence-electron chi connectivity index (χ0n) is 6.31. The Balaban J connectivity index is 4.01. The Labute approximate surface area is 56.7 Å². The maximum Gasteiger partial charge on any atom is 0.0894 e. The van der Waals surface area contributed by atoms with Crippen molar-refractivity contribution in [3.8, 4) is 0 Å². The zero-order valence-corrected chi connectivity index (χ0v) is 6.31. The summed E-state index contributed by atoms with van der Waals surface area (Å²) in [7, 11) is 0. The molecule has 52 valence electrons. The number of hydrogen-bond donors (Lipinski definition) is 1. The summed E-state index contributed by atoms with van der Waals surface area (Å²) < 4.78 is 0. The van der Waals surface area contributed by atoms with Gasteiger partial charge in [-0.3, -0.25) is 0 Å². The highest BCUT2D eigenvalue weighted by molar-refractivity contribution is 5.18. The van der Waals surface area contributed by atoms with Crippen LogP contribution in [-0.2, 0) is 0 Å². The minimum atomic E-state index is 0.380. The Morgan fingerprint density at radius 3 is 2.22 bits per heavy atom. The second-order valence-electron chi connectivity index (χ2n) is 2.00. The van der Waals surface area contributed by atoms with Gasteiger partial charge in [-0.15, -0.1) is 0 Å². The van der Waals surface area contributed by atoms with E-state index in [1.54, 1.807) is 13.0 Å². The average molecular weight is 126 g/mol. The van der Waals surface area contributed by atoms with Gasteiger partial charge in [-0.1, -0.05) is 13.0 Å². The number of aliphatic hydroxyl groups is 1. The molecule has 0 bridgehead atoms. The molecule has 0 aromatic heterocycles. The van der Waals surface area contributed by atoms with Crippen molar-refractivity contribution in [1.29, 1.82) is 0 Å². The van der Waals surface area contributed by atoms with Crippen molar-refractivity contribution < 1.29 is 5.11 Å². The Bertz CT molecular complexity index is 128. The minimum absolute atomic E-state index is 0.380. The molecule has 1 nitrogen and oxygen atoms in total. The van der Waals surface area contributed by atoms with Crippen LogP contribution in [0.5, 0.6) is 0 Å². The second-order valence-corrected chi connectivity index (χ2v) is 2.00. The van der Waals surface area contributed by atoms with Gasteiger partial charge in [0.2, 0.25) is 0 Å².